The van der Waals surface area contributed by atoms with E-state index in [0.717, 1.165) is 21.9 Å². The zero-order valence-corrected chi connectivity index (χ0v) is 12.8. The van der Waals surface area contributed by atoms with Crippen LogP contribution in [0.25, 0.3) is 22.0 Å². The second-order valence-electron chi connectivity index (χ2n) is 5.62. The third kappa shape index (κ3) is 3.23. The van der Waals surface area contributed by atoms with Crippen LogP contribution in [0, 0.1) is 25.1 Å². The number of terminal acetylenes is 1. The number of aryl methyl sites for hydroxylation is 1. The highest BCUT2D eigenvalue weighted by molar-refractivity contribution is 5.85. The van der Waals surface area contributed by atoms with E-state index < -0.39 is 6.10 Å². The summed E-state index contributed by atoms with van der Waals surface area (Å²) < 4.78 is 14.1. The fourth-order valence-electron chi connectivity index (χ4n) is 2.58. The Morgan fingerprint density at radius 3 is 2.74 bits per heavy atom. The molecule has 0 aliphatic heterocycles. The zero-order chi connectivity index (χ0) is 16.4. The average Bonchev–Trinajstić information content (AvgIpc) is 2.54. The minimum absolute atomic E-state index is 0.273. The van der Waals surface area contributed by atoms with Crippen LogP contribution in [0.2, 0.25) is 0 Å². The van der Waals surface area contributed by atoms with Gasteiger partial charge in [0.25, 0.3) is 0 Å². The Bertz CT molecular complexity index is 911. The van der Waals surface area contributed by atoms with E-state index in [1.807, 2.05) is 37.3 Å². The predicted molar refractivity (Wildman–Crippen MR) is 90.4 cm³/mol. The van der Waals surface area contributed by atoms with Gasteiger partial charge in [0.2, 0.25) is 0 Å². The van der Waals surface area contributed by atoms with Gasteiger partial charge >= 0.3 is 0 Å². The number of pyridine rings is 1. The van der Waals surface area contributed by atoms with E-state index in [1.165, 1.54) is 6.07 Å². The molecular formula is C20H16FNO. The Hall–Kier alpha value is -2.70. The van der Waals surface area contributed by atoms with Crippen LogP contribution in [0.5, 0.6) is 0 Å². The first kappa shape index (κ1) is 15.2. The van der Waals surface area contributed by atoms with Crippen molar-refractivity contribution in [3.05, 3.63) is 65.6 Å². The van der Waals surface area contributed by atoms with Gasteiger partial charge in [0.05, 0.1) is 5.69 Å². The number of hydrogen-bond donors (Lipinski definition) is 1. The maximum Gasteiger partial charge on any atom is 0.132 e. The summed E-state index contributed by atoms with van der Waals surface area (Å²) in [5.41, 5.74) is 2.92. The van der Waals surface area contributed by atoms with Crippen molar-refractivity contribution in [3.8, 4) is 23.6 Å². The zero-order valence-electron chi connectivity index (χ0n) is 12.8. The molecule has 1 aromatic heterocycles. The first-order valence-corrected chi connectivity index (χ1v) is 7.36. The molecule has 0 aliphatic rings. The highest BCUT2D eigenvalue weighted by Crippen LogP contribution is 2.25. The third-order valence-electron chi connectivity index (χ3n) is 3.81. The van der Waals surface area contributed by atoms with Crippen LogP contribution >= 0.6 is 0 Å². The summed E-state index contributed by atoms with van der Waals surface area (Å²) in [6, 6.07) is 12.8. The fourth-order valence-corrected chi connectivity index (χ4v) is 2.58. The molecule has 0 saturated carbocycles. The van der Waals surface area contributed by atoms with Gasteiger partial charge < -0.3 is 5.11 Å². The smallest absolute Gasteiger partial charge is 0.132 e. The van der Waals surface area contributed by atoms with Gasteiger partial charge in [0.15, 0.2) is 0 Å². The minimum atomic E-state index is -0.790. The van der Waals surface area contributed by atoms with Gasteiger partial charge in [0, 0.05) is 23.6 Å². The lowest BCUT2D eigenvalue weighted by molar-refractivity contribution is 0.233. The van der Waals surface area contributed by atoms with Gasteiger partial charge in [-0.2, -0.15) is 0 Å². The van der Waals surface area contributed by atoms with Crippen molar-refractivity contribution in [2.75, 3.05) is 0 Å². The van der Waals surface area contributed by atoms with Crippen molar-refractivity contribution < 1.29 is 9.50 Å². The van der Waals surface area contributed by atoms with Crippen LogP contribution in [0.15, 0.2) is 48.7 Å². The van der Waals surface area contributed by atoms with Gasteiger partial charge in [-0.1, -0.05) is 24.1 Å². The van der Waals surface area contributed by atoms with E-state index in [-0.39, 0.29) is 5.82 Å². The fraction of sp³-hybridized carbons (Fsp3) is 0.150. The Balaban J connectivity index is 2.00. The molecule has 3 heteroatoms. The molecule has 1 heterocycles. The van der Waals surface area contributed by atoms with E-state index in [0.29, 0.717) is 17.7 Å². The predicted octanol–water partition coefficient (Wildman–Crippen LogP) is 3.89. The van der Waals surface area contributed by atoms with Crippen LogP contribution < -0.4 is 0 Å². The third-order valence-corrected chi connectivity index (χ3v) is 3.81. The second kappa shape index (κ2) is 6.20. The van der Waals surface area contributed by atoms with Crippen molar-refractivity contribution >= 4 is 10.8 Å². The number of benzene rings is 2. The number of rotatable bonds is 3. The maximum atomic E-state index is 14.1. The Kier molecular flexibility index (Phi) is 4.10. The first-order valence-electron chi connectivity index (χ1n) is 7.36. The molecule has 1 N–H and O–H groups in total. The summed E-state index contributed by atoms with van der Waals surface area (Å²) in [6.45, 7) is 1.85. The number of halogens is 1. The van der Waals surface area contributed by atoms with E-state index in [4.69, 9.17) is 6.42 Å². The molecule has 3 rings (SSSR count). The minimum Gasteiger partial charge on any atom is -0.380 e. The number of aliphatic hydroxyl groups excluding tert-OH is 1. The summed E-state index contributed by atoms with van der Waals surface area (Å²) in [5.74, 6) is 2.03. The topological polar surface area (TPSA) is 33.1 Å². The molecule has 23 heavy (non-hydrogen) atoms. The van der Waals surface area contributed by atoms with E-state index in [9.17, 15) is 9.50 Å². The molecule has 0 radical (unpaired) electrons. The Morgan fingerprint density at radius 1 is 1.17 bits per heavy atom. The monoisotopic (exact) mass is 305 g/mol. The number of hydrogen-bond acceptors (Lipinski definition) is 2. The summed E-state index contributed by atoms with van der Waals surface area (Å²) in [6.07, 6.45) is 6.52. The second-order valence-corrected chi connectivity index (χ2v) is 5.62. The molecule has 1 atom stereocenters. The number of fused-ring (bicyclic) bond motifs is 1. The van der Waals surface area contributed by atoms with Crippen molar-refractivity contribution in [1.29, 1.82) is 0 Å². The molecule has 1 unspecified atom stereocenters. The van der Waals surface area contributed by atoms with E-state index in [2.05, 4.69) is 10.9 Å². The number of aliphatic hydroxyl groups is 1. The highest BCUT2D eigenvalue weighted by Gasteiger charge is 2.08. The van der Waals surface area contributed by atoms with Gasteiger partial charge in [-0.05, 0) is 47.7 Å². The first-order chi connectivity index (χ1) is 11.1. The van der Waals surface area contributed by atoms with Gasteiger partial charge in [-0.25, -0.2) is 4.39 Å². The molecular weight excluding hydrogens is 289 g/mol. The highest BCUT2D eigenvalue weighted by atomic mass is 19.1. The molecule has 0 bridgehead atoms. The molecule has 0 saturated heterocycles. The van der Waals surface area contributed by atoms with Gasteiger partial charge in [-0.15, -0.1) is 6.42 Å². The molecule has 0 amide bonds. The van der Waals surface area contributed by atoms with Crippen molar-refractivity contribution in [2.24, 2.45) is 0 Å². The van der Waals surface area contributed by atoms with Crippen molar-refractivity contribution in [3.63, 3.8) is 0 Å². The van der Waals surface area contributed by atoms with Crippen molar-refractivity contribution in [2.45, 2.75) is 19.4 Å². The molecule has 0 spiro atoms. The lowest BCUT2D eigenvalue weighted by Crippen LogP contribution is -2.06. The van der Waals surface area contributed by atoms with E-state index >= 15 is 0 Å². The molecule has 2 nitrogen and oxygen atoms in total. The van der Waals surface area contributed by atoms with Crippen LogP contribution in [0.3, 0.4) is 0 Å². The van der Waals surface area contributed by atoms with Crippen LogP contribution in [0.1, 0.15) is 11.1 Å². The van der Waals surface area contributed by atoms with Crippen molar-refractivity contribution in [1.82, 2.24) is 4.98 Å². The normalized spacial score (nSPS) is 12.1. The molecule has 3 aromatic rings. The molecule has 114 valence electrons. The molecule has 2 aromatic carbocycles. The largest absolute Gasteiger partial charge is 0.380 e. The lowest BCUT2D eigenvalue weighted by Gasteiger charge is -2.08. The lowest BCUT2D eigenvalue weighted by atomic mass is 10.0. The standard InChI is InChI=1S/C20H16FNO/c1-3-17(23)10-14-5-6-15-11-20(22-12-16(15)9-14)18-7-4-13(2)8-19(18)21/h1,4-9,11-12,17,23H,10H2,2H3. The quantitative estimate of drug-likeness (QED) is 0.745. The number of nitrogens with zero attached hydrogens (tertiary/aromatic N) is 1. The summed E-state index contributed by atoms with van der Waals surface area (Å²) in [7, 11) is 0. The Labute approximate surface area is 134 Å². The average molecular weight is 305 g/mol. The Morgan fingerprint density at radius 2 is 2.00 bits per heavy atom. The number of aromatic nitrogens is 1. The van der Waals surface area contributed by atoms with Crippen LogP contribution in [-0.4, -0.2) is 16.2 Å². The van der Waals surface area contributed by atoms with Gasteiger partial charge in [-0.3, -0.25) is 4.98 Å². The summed E-state index contributed by atoms with van der Waals surface area (Å²) in [5, 5.41) is 11.4. The van der Waals surface area contributed by atoms with Crippen LogP contribution in [-0.2, 0) is 6.42 Å². The van der Waals surface area contributed by atoms with Gasteiger partial charge in [0.1, 0.15) is 11.9 Å². The molecule has 0 aliphatic carbocycles. The summed E-state index contributed by atoms with van der Waals surface area (Å²) in [4.78, 5) is 4.37. The SMILES string of the molecule is C#CC(O)Cc1ccc2cc(-c3ccc(C)cc3F)ncc2c1. The molecule has 0 fully saturated rings. The summed E-state index contributed by atoms with van der Waals surface area (Å²) >= 11 is 0. The van der Waals surface area contributed by atoms with Crippen LogP contribution in [0.4, 0.5) is 4.39 Å². The maximum absolute atomic E-state index is 14.1. The van der Waals surface area contributed by atoms with E-state index in [1.54, 1.807) is 12.3 Å².